The van der Waals surface area contributed by atoms with Crippen LogP contribution < -0.4 is 13.9 Å². The summed E-state index contributed by atoms with van der Waals surface area (Å²) in [5.41, 5.74) is 3.25. The van der Waals surface area contributed by atoms with Crippen molar-refractivity contribution in [2.24, 2.45) is 0 Å². The van der Waals surface area contributed by atoms with Gasteiger partial charge >= 0.3 is 0 Å². The highest BCUT2D eigenvalue weighted by molar-refractivity contribution is 7.93. The van der Waals surface area contributed by atoms with Crippen molar-refractivity contribution >= 4 is 37.3 Å². The number of hydrogen-bond donors (Lipinski definition) is 0. The molecule has 1 amide bonds. The molecule has 38 heavy (non-hydrogen) atoms. The number of sulfonamides is 2. The van der Waals surface area contributed by atoms with Crippen LogP contribution in [0.25, 0.3) is 0 Å². The van der Waals surface area contributed by atoms with Gasteiger partial charge < -0.3 is 9.64 Å². The molecule has 0 aliphatic carbocycles. The van der Waals surface area contributed by atoms with Crippen LogP contribution in [0.2, 0.25) is 0 Å². The molecule has 11 heteroatoms. The van der Waals surface area contributed by atoms with E-state index in [4.69, 9.17) is 4.74 Å². The summed E-state index contributed by atoms with van der Waals surface area (Å²) in [6.07, 6.45) is 0.455. The van der Waals surface area contributed by atoms with Crippen molar-refractivity contribution in [1.82, 2.24) is 4.31 Å². The quantitative estimate of drug-likeness (QED) is 0.421. The molecule has 1 aliphatic rings. The van der Waals surface area contributed by atoms with Gasteiger partial charge in [-0.2, -0.15) is 0 Å². The Morgan fingerprint density at radius 3 is 2.13 bits per heavy atom. The SMILES string of the molecule is COc1ccc(C)cc1N(CC(=O)N1CCc2cc(S(=O)(=O)N(C)C)ccc21)S(=O)(=O)c1ccc(C)cc1. The molecule has 0 unspecified atom stereocenters. The molecule has 0 N–H and O–H groups in total. The van der Waals surface area contributed by atoms with Gasteiger partial charge in [0.05, 0.1) is 22.6 Å². The Morgan fingerprint density at radius 1 is 0.868 bits per heavy atom. The fraction of sp³-hybridized carbons (Fsp3) is 0.296. The van der Waals surface area contributed by atoms with Crippen LogP contribution in [0, 0.1) is 13.8 Å². The zero-order valence-electron chi connectivity index (χ0n) is 22.0. The second-order valence-corrected chi connectivity index (χ2v) is 13.4. The number of ether oxygens (including phenoxy) is 1. The molecule has 0 saturated heterocycles. The summed E-state index contributed by atoms with van der Waals surface area (Å²) >= 11 is 0. The summed E-state index contributed by atoms with van der Waals surface area (Å²) in [6.45, 7) is 3.54. The van der Waals surface area contributed by atoms with E-state index in [2.05, 4.69) is 0 Å². The Kier molecular flexibility index (Phi) is 7.55. The van der Waals surface area contributed by atoms with Gasteiger partial charge in [-0.15, -0.1) is 0 Å². The molecular weight excluding hydrogens is 526 g/mol. The average molecular weight is 558 g/mol. The van der Waals surface area contributed by atoms with Crippen molar-refractivity contribution < 1.29 is 26.4 Å². The molecule has 0 atom stereocenters. The monoisotopic (exact) mass is 557 g/mol. The van der Waals surface area contributed by atoms with Gasteiger partial charge in [0.1, 0.15) is 12.3 Å². The summed E-state index contributed by atoms with van der Waals surface area (Å²) in [5.74, 6) is -0.120. The molecule has 3 aromatic carbocycles. The predicted molar refractivity (Wildman–Crippen MR) is 147 cm³/mol. The lowest BCUT2D eigenvalue weighted by atomic mass is 10.2. The smallest absolute Gasteiger partial charge is 0.264 e. The Bertz CT molecular complexity index is 1580. The van der Waals surface area contributed by atoms with E-state index in [1.807, 2.05) is 13.8 Å². The maximum Gasteiger partial charge on any atom is 0.264 e. The van der Waals surface area contributed by atoms with Crippen LogP contribution in [-0.4, -0.2) is 61.3 Å². The summed E-state index contributed by atoms with van der Waals surface area (Å²) in [4.78, 5) is 15.3. The third-order valence-corrected chi connectivity index (χ3v) is 10.1. The molecule has 0 aromatic heterocycles. The number of carbonyl (C=O) groups is 1. The molecule has 1 aliphatic heterocycles. The zero-order chi connectivity index (χ0) is 27.8. The number of benzene rings is 3. The number of hydrogen-bond acceptors (Lipinski definition) is 6. The van der Waals surface area contributed by atoms with E-state index in [0.717, 1.165) is 19.7 Å². The lowest BCUT2D eigenvalue weighted by Gasteiger charge is -2.28. The van der Waals surface area contributed by atoms with Gasteiger partial charge in [0, 0.05) is 26.3 Å². The van der Waals surface area contributed by atoms with Gasteiger partial charge in [-0.25, -0.2) is 21.1 Å². The van der Waals surface area contributed by atoms with Gasteiger partial charge in [0.25, 0.3) is 10.0 Å². The minimum atomic E-state index is -4.14. The third kappa shape index (κ3) is 5.13. The summed E-state index contributed by atoms with van der Waals surface area (Å²) in [7, 11) is -3.40. The highest BCUT2D eigenvalue weighted by atomic mass is 32.2. The minimum absolute atomic E-state index is 0.0554. The van der Waals surface area contributed by atoms with Crippen LogP contribution >= 0.6 is 0 Å². The number of anilines is 2. The van der Waals surface area contributed by atoms with E-state index in [1.165, 1.54) is 44.3 Å². The fourth-order valence-corrected chi connectivity index (χ4v) is 6.72. The first kappa shape index (κ1) is 27.6. The third-order valence-electron chi connectivity index (χ3n) is 6.52. The van der Waals surface area contributed by atoms with Gasteiger partial charge in [-0.1, -0.05) is 23.8 Å². The second-order valence-electron chi connectivity index (χ2n) is 9.37. The Morgan fingerprint density at radius 2 is 1.50 bits per heavy atom. The number of aryl methyl sites for hydroxylation is 2. The first-order valence-electron chi connectivity index (χ1n) is 12.0. The number of carbonyl (C=O) groups excluding carboxylic acids is 1. The topological polar surface area (TPSA) is 104 Å². The van der Waals surface area contributed by atoms with Crippen molar-refractivity contribution in [3.8, 4) is 5.75 Å². The van der Waals surface area contributed by atoms with Crippen LogP contribution in [-0.2, 0) is 31.3 Å². The van der Waals surface area contributed by atoms with E-state index < -0.39 is 32.5 Å². The minimum Gasteiger partial charge on any atom is -0.495 e. The summed E-state index contributed by atoms with van der Waals surface area (Å²) < 4.78 is 60.5. The second kappa shape index (κ2) is 10.4. The summed E-state index contributed by atoms with van der Waals surface area (Å²) in [5, 5.41) is 0. The molecule has 1 heterocycles. The molecule has 0 fully saturated rings. The molecule has 0 saturated carbocycles. The van der Waals surface area contributed by atoms with Crippen molar-refractivity contribution in [2.45, 2.75) is 30.1 Å². The van der Waals surface area contributed by atoms with Gasteiger partial charge in [0.15, 0.2) is 0 Å². The molecule has 3 aromatic rings. The Hall–Kier alpha value is -3.41. The largest absolute Gasteiger partial charge is 0.495 e. The number of amides is 1. The van der Waals surface area contributed by atoms with Crippen LogP contribution in [0.5, 0.6) is 5.75 Å². The first-order valence-corrected chi connectivity index (χ1v) is 14.8. The highest BCUT2D eigenvalue weighted by Crippen LogP contribution is 2.35. The van der Waals surface area contributed by atoms with Crippen molar-refractivity contribution in [2.75, 3.05) is 43.5 Å². The van der Waals surface area contributed by atoms with E-state index in [0.29, 0.717) is 30.0 Å². The molecule has 9 nitrogen and oxygen atoms in total. The Labute approximate surface area is 224 Å². The number of fused-ring (bicyclic) bond motifs is 1. The van der Waals surface area contributed by atoms with Crippen molar-refractivity contribution in [3.63, 3.8) is 0 Å². The standard InChI is InChI=1S/C27H31N3O6S2/c1-19-6-9-22(10-7-19)38(34,35)30(25-16-20(2)8-13-26(25)36-5)18-27(31)29-15-14-21-17-23(11-12-24(21)29)37(32,33)28(3)4/h6-13,16-17H,14-15,18H2,1-5H3. The lowest BCUT2D eigenvalue weighted by Crippen LogP contribution is -2.42. The Balaban J connectivity index is 1.73. The molecule has 0 radical (unpaired) electrons. The van der Waals surface area contributed by atoms with E-state index >= 15 is 0 Å². The number of methoxy groups -OCH3 is 1. The van der Waals surface area contributed by atoms with Crippen LogP contribution in [0.15, 0.2) is 70.5 Å². The normalized spacial score (nSPS) is 13.5. The van der Waals surface area contributed by atoms with Crippen molar-refractivity contribution in [1.29, 1.82) is 0 Å². The maximum absolute atomic E-state index is 13.9. The average Bonchev–Trinajstić information content (AvgIpc) is 3.30. The fourth-order valence-electron chi connectivity index (χ4n) is 4.35. The highest BCUT2D eigenvalue weighted by Gasteiger charge is 2.34. The number of nitrogens with zero attached hydrogens (tertiary/aromatic N) is 3. The van der Waals surface area contributed by atoms with Crippen LogP contribution in [0.1, 0.15) is 16.7 Å². The van der Waals surface area contributed by atoms with Gasteiger partial charge in [0.2, 0.25) is 15.9 Å². The molecule has 4 rings (SSSR count). The lowest BCUT2D eigenvalue weighted by molar-refractivity contribution is -0.117. The maximum atomic E-state index is 13.9. The van der Waals surface area contributed by atoms with Gasteiger partial charge in [-0.3, -0.25) is 9.10 Å². The number of rotatable bonds is 8. The van der Waals surface area contributed by atoms with Crippen LogP contribution in [0.4, 0.5) is 11.4 Å². The zero-order valence-corrected chi connectivity index (χ0v) is 23.6. The molecule has 0 bridgehead atoms. The van der Waals surface area contributed by atoms with E-state index in [1.54, 1.807) is 42.5 Å². The molecular formula is C27H31N3O6S2. The first-order chi connectivity index (χ1) is 17.9. The molecule has 0 spiro atoms. The predicted octanol–water partition coefficient (Wildman–Crippen LogP) is 3.35. The van der Waals surface area contributed by atoms with Crippen LogP contribution in [0.3, 0.4) is 0 Å². The van der Waals surface area contributed by atoms with Gasteiger partial charge in [-0.05, 0) is 73.9 Å². The van der Waals surface area contributed by atoms with E-state index in [-0.39, 0.29) is 15.5 Å². The summed E-state index contributed by atoms with van der Waals surface area (Å²) in [6, 6.07) is 16.2. The van der Waals surface area contributed by atoms with E-state index in [9.17, 15) is 21.6 Å². The molecule has 202 valence electrons. The van der Waals surface area contributed by atoms with Crippen molar-refractivity contribution in [3.05, 3.63) is 77.4 Å².